The Balaban J connectivity index is 2.07. The zero-order valence-corrected chi connectivity index (χ0v) is 15.7. The number of benzene rings is 2. The number of hydrogen-bond acceptors (Lipinski definition) is 4. The molecule has 2 rings (SSSR count). The van der Waals surface area contributed by atoms with Crippen LogP contribution in [0.15, 0.2) is 60.7 Å². The van der Waals surface area contributed by atoms with Gasteiger partial charge in [0.15, 0.2) is 0 Å². The van der Waals surface area contributed by atoms with Crippen LogP contribution in [0.2, 0.25) is 0 Å². The van der Waals surface area contributed by atoms with Crippen molar-refractivity contribution in [3.05, 3.63) is 71.8 Å². The molecule has 0 aliphatic heterocycles. The summed E-state index contributed by atoms with van der Waals surface area (Å²) in [6, 6.07) is 20.0. The van der Waals surface area contributed by atoms with Gasteiger partial charge >= 0.3 is 5.97 Å². The lowest BCUT2D eigenvalue weighted by molar-refractivity contribution is -0.153. The third-order valence-electron chi connectivity index (χ3n) is 4.50. The van der Waals surface area contributed by atoms with Crippen LogP contribution in [0.25, 0.3) is 0 Å². The summed E-state index contributed by atoms with van der Waals surface area (Å²) in [6.07, 6.45) is 1.29. The van der Waals surface area contributed by atoms with Gasteiger partial charge in [0.1, 0.15) is 12.8 Å². The molecule has 2 aromatic rings. The first-order chi connectivity index (χ1) is 12.6. The Morgan fingerprint density at radius 1 is 1.08 bits per heavy atom. The highest BCUT2D eigenvalue weighted by molar-refractivity contribution is 5.69. The fourth-order valence-corrected chi connectivity index (χ4v) is 2.87. The van der Waals surface area contributed by atoms with Crippen LogP contribution in [0.5, 0.6) is 0 Å². The molecule has 0 fully saturated rings. The van der Waals surface area contributed by atoms with E-state index in [-0.39, 0.29) is 18.6 Å². The minimum absolute atomic E-state index is 0.0132. The maximum Gasteiger partial charge on any atom is 0.305 e. The Bertz CT molecular complexity index is 645. The number of hydrogen-bond donors (Lipinski definition) is 1. The van der Waals surface area contributed by atoms with E-state index in [2.05, 4.69) is 6.92 Å². The van der Waals surface area contributed by atoms with Crippen molar-refractivity contribution in [2.75, 3.05) is 6.61 Å². The van der Waals surface area contributed by atoms with Crippen LogP contribution in [0.1, 0.15) is 50.3 Å². The number of rotatable bonds is 10. The van der Waals surface area contributed by atoms with Gasteiger partial charge in [-0.2, -0.15) is 0 Å². The highest BCUT2D eigenvalue weighted by Gasteiger charge is 2.24. The lowest BCUT2D eigenvalue weighted by atomic mass is 10.1. The molecule has 0 heterocycles. The van der Waals surface area contributed by atoms with Crippen molar-refractivity contribution < 1.29 is 14.6 Å². The number of ether oxygens (including phenoxy) is 1. The second-order valence-corrected chi connectivity index (χ2v) is 6.51. The number of carbonyl (C=O) groups is 1. The van der Waals surface area contributed by atoms with E-state index in [0.29, 0.717) is 13.0 Å². The molecule has 0 amide bonds. The quantitative estimate of drug-likeness (QED) is 0.510. The second kappa shape index (κ2) is 10.7. The highest BCUT2D eigenvalue weighted by Crippen LogP contribution is 2.24. The number of esters is 1. The summed E-state index contributed by atoms with van der Waals surface area (Å²) in [4.78, 5) is 13.7. The maximum atomic E-state index is 11.8. The normalized spacial score (nSPS) is 13.4. The molecule has 0 saturated heterocycles. The van der Waals surface area contributed by atoms with Gasteiger partial charge in [-0.25, -0.2) is 0 Å². The zero-order valence-electron chi connectivity index (χ0n) is 15.7. The molecule has 0 saturated carbocycles. The van der Waals surface area contributed by atoms with Gasteiger partial charge < -0.3 is 9.84 Å². The van der Waals surface area contributed by atoms with E-state index >= 15 is 0 Å². The molecule has 4 heteroatoms. The topological polar surface area (TPSA) is 49.8 Å². The van der Waals surface area contributed by atoms with Gasteiger partial charge in [-0.1, -0.05) is 74.0 Å². The van der Waals surface area contributed by atoms with Crippen molar-refractivity contribution in [2.45, 2.75) is 51.9 Å². The van der Waals surface area contributed by atoms with E-state index in [1.807, 2.05) is 72.5 Å². The molecule has 0 aromatic heterocycles. The molecule has 0 aliphatic carbocycles. The lowest BCUT2D eigenvalue weighted by Gasteiger charge is -2.33. The van der Waals surface area contributed by atoms with E-state index in [4.69, 9.17) is 4.74 Å². The van der Waals surface area contributed by atoms with Crippen molar-refractivity contribution in [3.63, 3.8) is 0 Å². The van der Waals surface area contributed by atoms with Gasteiger partial charge in [0, 0.05) is 19.0 Å². The van der Waals surface area contributed by atoms with Gasteiger partial charge in [0.2, 0.25) is 0 Å². The third kappa shape index (κ3) is 6.28. The molecule has 0 radical (unpaired) electrons. The average Bonchev–Trinajstić information content (AvgIpc) is 2.69. The number of aliphatic hydroxyl groups is 1. The first kappa shape index (κ1) is 20.1. The minimum Gasteiger partial charge on any atom is -0.461 e. The molecular weight excluding hydrogens is 326 g/mol. The Labute approximate surface area is 156 Å². The fourth-order valence-electron chi connectivity index (χ4n) is 2.87. The van der Waals surface area contributed by atoms with Gasteiger partial charge in [0.05, 0.1) is 0 Å². The van der Waals surface area contributed by atoms with Crippen LogP contribution in [0, 0.1) is 0 Å². The van der Waals surface area contributed by atoms with E-state index < -0.39 is 6.23 Å². The predicted molar refractivity (Wildman–Crippen MR) is 103 cm³/mol. The van der Waals surface area contributed by atoms with E-state index in [1.54, 1.807) is 0 Å². The van der Waals surface area contributed by atoms with E-state index in [9.17, 15) is 9.90 Å². The Morgan fingerprint density at radius 2 is 1.69 bits per heavy atom. The monoisotopic (exact) mass is 355 g/mol. The minimum atomic E-state index is -0.865. The van der Waals surface area contributed by atoms with Gasteiger partial charge in [-0.15, -0.1) is 0 Å². The van der Waals surface area contributed by atoms with Crippen molar-refractivity contribution in [2.24, 2.45) is 0 Å². The number of aliphatic hydroxyl groups excluding tert-OH is 1. The summed E-state index contributed by atoms with van der Waals surface area (Å²) in [6.45, 7) is 4.64. The molecule has 26 heavy (non-hydrogen) atoms. The highest BCUT2D eigenvalue weighted by atomic mass is 16.5. The van der Waals surface area contributed by atoms with Gasteiger partial charge in [-0.3, -0.25) is 9.69 Å². The molecule has 140 valence electrons. The smallest absolute Gasteiger partial charge is 0.305 e. The summed E-state index contributed by atoms with van der Waals surface area (Å²) in [5.74, 6) is -0.252. The van der Waals surface area contributed by atoms with Crippen LogP contribution in [0.3, 0.4) is 0 Å². The van der Waals surface area contributed by atoms with Crippen molar-refractivity contribution >= 4 is 5.97 Å². The largest absolute Gasteiger partial charge is 0.461 e. The summed E-state index contributed by atoms with van der Waals surface area (Å²) in [5, 5.41) is 10.7. The molecule has 0 spiro atoms. The summed E-state index contributed by atoms with van der Waals surface area (Å²) >= 11 is 0. The SMILES string of the molecule is CCCCC(=O)OC[C@@H](O)N(Cc1ccccc1)[C@H](C)c1ccccc1. The fraction of sp³-hybridized carbons (Fsp3) is 0.409. The standard InChI is InChI=1S/C22H29NO3/c1-3-4-15-22(25)26-17-21(24)23(16-19-11-7-5-8-12-19)18(2)20-13-9-6-10-14-20/h5-14,18,21,24H,3-4,15-17H2,1-2H3/t18-,21-/m1/s1. The summed E-state index contributed by atoms with van der Waals surface area (Å²) in [5.41, 5.74) is 2.21. The second-order valence-electron chi connectivity index (χ2n) is 6.51. The zero-order chi connectivity index (χ0) is 18.8. The number of unbranched alkanes of at least 4 members (excludes halogenated alkanes) is 1. The van der Waals surface area contributed by atoms with Crippen LogP contribution < -0.4 is 0 Å². The van der Waals surface area contributed by atoms with Crippen LogP contribution >= 0.6 is 0 Å². The van der Waals surface area contributed by atoms with Crippen LogP contribution in [0.4, 0.5) is 0 Å². The van der Waals surface area contributed by atoms with Crippen molar-refractivity contribution in [3.8, 4) is 0 Å². The average molecular weight is 355 g/mol. The Morgan fingerprint density at radius 3 is 2.31 bits per heavy atom. The first-order valence-corrected chi connectivity index (χ1v) is 9.30. The molecule has 0 unspecified atom stereocenters. The van der Waals surface area contributed by atoms with Gasteiger partial charge in [-0.05, 0) is 24.5 Å². The summed E-state index contributed by atoms with van der Waals surface area (Å²) < 4.78 is 5.28. The van der Waals surface area contributed by atoms with Crippen LogP contribution in [-0.2, 0) is 16.1 Å². The Kier molecular flexibility index (Phi) is 8.32. The molecule has 4 nitrogen and oxygen atoms in total. The predicted octanol–water partition coefficient (Wildman–Crippen LogP) is 4.30. The molecule has 0 bridgehead atoms. The first-order valence-electron chi connectivity index (χ1n) is 9.30. The van der Waals surface area contributed by atoms with Crippen molar-refractivity contribution in [1.29, 1.82) is 0 Å². The molecule has 2 atom stereocenters. The Hall–Kier alpha value is -2.17. The van der Waals surface area contributed by atoms with Gasteiger partial charge in [0.25, 0.3) is 0 Å². The number of carbonyl (C=O) groups excluding carboxylic acids is 1. The summed E-state index contributed by atoms with van der Waals surface area (Å²) in [7, 11) is 0. The lowest BCUT2D eigenvalue weighted by Crippen LogP contribution is -2.40. The van der Waals surface area contributed by atoms with E-state index in [1.165, 1.54) is 0 Å². The third-order valence-corrected chi connectivity index (χ3v) is 4.50. The molecule has 1 N–H and O–H groups in total. The van der Waals surface area contributed by atoms with Crippen molar-refractivity contribution in [1.82, 2.24) is 4.90 Å². The van der Waals surface area contributed by atoms with E-state index in [0.717, 1.165) is 24.0 Å². The maximum absolute atomic E-state index is 11.8. The van der Waals surface area contributed by atoms with Crippen LogP contribution in [-0.4, -0.2) is 28.8 Å². The molecular formula is C22H29NO3. The molecule has 2 aromatic carbocycles. The number of nitrogens with zero attached hydrogens (tertiary/aromatic N) is 1. The molecule has 0 aliphatic rings.